The number of rotatable bonds is 74. The molecular formula is C85H156N2O6P+. The Kier molecular flexibility index (Phi) is 72.1. The van der Waals surface area contributed by atoms with Gasteiger partial charge in [-0.15, -0.1) is 0 Å². The number of aliphatic hydroxyl groups is 1. The highest BCUT2D eigenvalue weighted by molar-refractivity contribution is 7.47. The van der Waals surface area contributed by atoms with Crippen LogP contribution in [0.5, 0.6) is 0 Å². The lowest BCUT2D eigenvalue weighted by Gasteiger charge is -2.25. The third-order valence-corrected chi connectivity index (χ3v) is 19.0. The predicted octanol–water partition coefficient (Wildman–Crippen LogP) is 26.6. The van der Waals surface area contributed by atoms with Crippen molar-refractivity contribution in [3.05, 3.63) is 109 Å². The van der Waals surface area contributed by atoms with E-state index >= 15 is 0 Å². The number of allylic oxidation sites excluding steroid dienone is 17. The second-order valence-electron chi connectivity index (χ2n) is 28.4. The van der Waals surface area contributed by atoms with Crippen LogP contribution in [-0.2, 0) is 18.4 Å². The van der Waals surface area contributed by atoms with Crippen molar-refractivity contribution >= 4 is 13.7 Å². The molecule has 0 heterocycles. The SMILES string of the molecule is CC/C=C\C/C=C\C/C=C\C/C=C\C/C=C\C/C=C\C/C=C\CCCCCCCCCCCCCCCCCCCCCC(=O)NC(COP(=O)(O)OCC[N+](C)(C)C)C(O)/C=C/CC/C=C/CCCCCCCCCCCCCCCCCCCCCCCCCCC. The molecule has 0 fully saturated rings. The van der Waals surface area contributed by atoms with E-state index in [9.17, 15) is 19.4 Å². The van der Waals surface area contributed by atoms with Crippen molar-refractivity contribution in [3.8, 4) is 0 Å². The average molecular weight is 1330 g/mol. The van der Waals surface area contributed by atoms with Crippen molar-refractivity contribution in [3.63, 3.8) is 0 Å². The van der Waals surface area contributed by atoms with Gasteiger partial charge >= 0.3 is 7.82 Å². The summed E-state index contributed by atoms with van der Waals surface area (Å²) in [4.78, 5) is 23.5. The van der Waals surface area contributed by atoms with Crippen molar-refractivity contribution in [2.45, 2.75) is 386 Å². The van der Waals surface area contributed by atoms with Crippen LogP contribution in [0.4, 0.5) is 0 Å². The number of nitrogens with one attached hydrogen (secondary N) is 1. The molecule has 0 spiro atoms. The number of quaternary nitrogens is 1. The van der Waals surface area contributed by atoms with Gasteiger partial charge in [-0.25, -0.2) is 4.57 Å². The van der Waals surface area contributed by atoms with Gasteiger partial charge in [0.05, 0.1) is 39.9 Å². The Morgan fingerprint density at radius 3 is 0.979 bits per heavy atom. The quantitative estimate of drug-likeness (QED) is 0.0243. The molecule has 546 valence electrons. The van der Waals surface area contributed by atoms with Crippen molar-refractivity contribution in [2.24, 2.45) is 0 Å². The highest BCUT2D eigenvalue weighted by atomic mass is 31.2. The van der Waals surface area contributed by atoms with Crippen LogP contribution < -0.4 is 5.32 Å². The molecule has 9 heteroatoms. The zero-order valence-corrected chi connectivity index (χ0v) is 63.6. The number of aliphatic hydroxyl groups excluding tert-OH is 1. The van der Waals surface area contributed by atoms with E-state index in [0.717, 1.165) is 83.5 Å². The van der Waals surface area contributed by atoms with Crippen LogP contribution in [0, 0.1) is 0 Å². The standard InChI is InChI=1S/C85H155N2O6P/c1-6-8-10-12-14-16-18-20-22-24-26-28-30-32-34-36-38-39-40-41-42-43-44-45-46-47-49-51-53-55-57-59-61-63-65-67-69-71-73-75-77-79-85(89)86-83(82-93-94(90,91)92-81-80-87(3,4)5)84(88)78-76-74-72-70-68-66-64-62-60-58-56-54-52-50-48-37-35-33-31-29-27-25-23-21-19-17-15-13-11-9-7-2/h8,10,14,16,20,22,26,28,32,34,38-39,41-42,68,70,76,78,83-84,88H,6-7,9,11-13,15,17-19,21,23-25,27,29-31,33,35-37,40,43-67,69,71-75,77,79-82H2,1-5H3,(H-,86,89,90,91)/p+1/b10-8-,16-14-,22-20-,28-26-,34-32-,39-38-,42-41-,70-68+,78-76+. The fraction of sp³-hybridized carbons (Fsp3) is 0.776. The second-order valence-corrected chi connectivity index (χ2v) is 29.9. The number of amides is 1. The molecule has 3 atom stereocenters. The molecule has 3 unspecified atom stereocenters. The van der Waals surface area contributed by atoms with Gasteiger partial charge in [-0.05, 0) is 89.9 Å². The van der Waals surface area contributed by atoms with Crippen LogP contribution in [0.25, 0.3) is 0 Å². The van der Waals surface area contributed by atoms with E-state index in [2.05, 4.69) is 116 Å². The van der Waals surface area contributed by atoms with Crippen LogP contribution in [-0.4, -0.2) is 73.4 Å². The fourth-order valence-corrected chi connectivity index (χ4v) is 12.5. The molecule has 0 aromatic carbocycles. The number of hydrogen-bond donors (Lipinski definition) is 3. The Hall–Kier alpha value is -2.84. The van der Waals surface area contributed by atoms with Gasteiger partial charge in [0, 0.05) is 6.42 Å². The van der Waals surface area contributed by atoms with Crippen LogP contribution >= 0.6 is 7.82 Å². The van der Waals surface area contributed by atoms with Gasteiger partial charge in [0.2, 0.25) is 5.91 Å². The van der Waals surface area contributed by atoms with E-state index in [4.69, 9.17) is 9.05 Å². The van der Waals surface area contributed by atoms with Crippen molar-refractivity contribution in [1.82, 2.24) is 5.32 Å². The molecule has 0 radical (unpaired) electrons. The molecule has 94 heavy (non-hydrogen) atoms. The number of phosphoric ester groups is 1. The first kappa shape index (κ1) is 91.2. The van der Waals surface area contributed by atoms with Crippen LogP contribution in [0.3, 0.4) is 0 Å². The van der Waals surface area contributed by atoms with E-state index in [1.54, 1.807) is 6.08 Å². The van der Waals surface area contributed by atoms with Gasteiger partial charge in [0.1, 0.15) is 13.2 Å². The van der Waals surface area contributed by atoms with Gasteiger partial charge in [-0.2, -0.15) is 0 Å². The Labute approximate surface area is 584 Å². The molecule has 0 aliphatic rings. The summed E-state index contributed by atoms with van der Waals surface area (Å²) in [5.41, 5.74) is 0. The molecule has 0 rings (SSSR count). The summed E-state index contributed by atoms with van der Waals surface area (Å²) in [6.45, 7) is 4.72. The molecule has 0 aromatic rings. The average Bonchev–Trinajstić information content (AvgIpc) is 1.77. The van der Waals surface area contributed by atoms with Crippen molar-refractivity contribution in [1.29, 1.82) is 0 Å². The summed E-state index contributed by atoms with van der Waals surface area (Å²) in [5, 5.41) is 14.0. The maximum absolute atomic E-state index is 13.1. The normalized spacial score (nSPS) is 14.1. The Balaban J connectivity index is 4.00. The van der Waals surface area contributed by atoms with E-state index < -0.39 is 20.0 Å². The van der Waals surface area contributed by atoms with Gasteiger partial charge < -0.3 is 19.8 Å². The summed E-state index contributed by atoms with van der Waals surface area (Å²) in [5.74, 6) is -0.183. The lowest BCUT2D eigenvalue weighted by atomic mass is 10.0. The molecule has 8 nitrogen and oxygen atoms in total. The minimum Gasteiger partial charge on any atom is -0.387 e. The van der Waals surface area contributed by atoms with Crippen LogP contribution in [0.15, 0.2) is 109 Å². The largest absolute Gasteiger partial charge is 0.472 e. The monoisotopic (exact) mass is 1330 g/mol. The number of carbonyl (C=O) groups is 1. The third kappa shape index (κ3) is 76.5. The summed E-state index contributed by atoms with van der Waals surface area (Å²) in [7, 11) is 1.56. The van der Waals surface area contributed by atoms with Crippen LogP contribution in [0.2, 0.25) is 0 Å². The second kappa shape index (κ2) is 74.4. The highest BCUT2D eigenvalue weighted by Crippen LogP contribution is 2.43. The summed E-state index contributed by atoms with van der Waals surface area (Å²) < 4.78 is 23.9. The van der Waals surface area contributed by atoms with Crippen molar-refractivity contribution in [2.75, 3.05) is 40.9 Å². The minimum atomic E-state index is -4.37. The van der Waals surface area contributed by atoms with Crippen LogP contribution in [0.1, 0.15) is 373 Å². The first-order valence-corrected chi connectivity index (χ1v) is 41.8. The topological polar surface area (TPSA) is 105 Å². The molecule has 0 saturated heterocycles. The predicted molar refractivity (Wildman–Crippen MR) is 415 cm³/mol. The smallest absolute Gasteiger partial charge is 0.387 e. The first-order valence-electron chi connectivity index (χ1n) is 40.3. The molecule has 0 aliphatic carbocycles. The number of hydrogen-bond acceptors (Lipinski definition) is 5. The molecule has 0 aromatic heterocycles. The summed E-state index contributed by atoms with van der Waals surface area (Å²) >= 11 is 0. The van der Waals surface area contributed by atoms with E-state index in [0.29, 0.717) is 17.4 Å². The zero-order chi connectivity index (χ0) is 68.3. The first-order chi connectivity index (χ1) is 46.0. The minimum absolute atomic E-state index is 0.0545. The Morgan fingerprint density at radius 2 is 0.649 bits per heavy atom. The molecule has 0 aliphatic heterocycles. The van der Waals surface area contributed by atoms with Gasteiger partial charge in [-0.1, -0.05) is 386 Å². The summed E-state index contributed by atoms with van der Waals surface area (Å²) in [6.07, 6.45) is 110. The number of unbranched alkanes of at least 4 members (excludes halogenated alkanes) is 45. The lowest BCUT2D eigenvalue weighted by Crippen LogP contribution is -2.45. The number of likely N-dealkylation sites (N-methyl/N-ethyl adjacent to an activating group) is 1. The number of carbonyl (C=O) groups excluding carboxylic acids is 1. The fourth-order valence-electron chi connectivity index (χ4n) is 11.8. The lowest BCUT2D eigenvalue weighted by molar-refractivity contribution is -0.870. The number of nitrogens with zero attached hydrogens (tertiary/aromatic N) is 1. The van der Waals surface area contributed by atoms with E-state index in [1.165, 1.54) is 270 Å². The van der Waals surface area contributed by atoms with Gasteiger partial charge in [0.15, 0.2) is 0 Å². The molecular weight excluding hydrogens is 1180 g/mol. The zero-order valence-electron chi connectivity index (χ0n) is 62.7. The van der Waals surface area contributed by atoms with Gasteiger partial charge in [0.25, 0.3) is 0 Å². The molecule has 0 saturated carbocycles. The maximum Gasteiger partial charge on any atom is 0.472 e. The number of phosphoric acid groups is 1. The Bertz CT molecular complexity index is 1910. The Morgan fingerprint density at radius 1 is 0.372 bits per heavy atom. The third-order valence-electron chi connectivity index (χ3n) is 18.0. The van der Waals surface area contributed by atoms with Crippen molar-refractivity contribution < 1.29 is 32.9 Å². The highest BCUT2D eigenvalue weighted by Gasteiger charge is 2.28. The summed E-state index contributed by atoms with van der Waals surface area (Å²) in [6, 6.07) is -0.870. The molecule has 3 N–H and O–H groups in total. The van der Waals surface area contributed by atoms with E-state index in [1.807, 2.05) is 27.2 Å². The molecule has 0 bridgehead atoms. The molecule has 1 amide bonds. The van der Waals surface area contributed by atoms with E-state index in [-0.39, 0.29) is 19.1 Å². The van der Waals surface area contributed by atoms with Gasteiger partial charge in [-0.3, -0.25) is 13.8 Å². The maximum atomic E-state index is 13.1.